The highest BCUT2D eigenvalue weighted by Crippen LogP contribution is 2.40. The van der Waals surface area contributed by atoms with E-state index in [4.69, 9.17) is 11.6 Å². The van der Waals surface area contributed by atoms with Crippen LogP contribution in [-0.4, -0.2) is 25.8 Å². The first-order valence-corrected chi connectivity index (χ1v) is 9.05. The predicted octanol–water partition coefficient (Wildman–Crippen LogP) is 2.91. The molecule has 3 rings (SSSR count). The normalized spacial score (nSPS) is 28.7. The number of fused-ring (bicyclic) bond motifs is 1. The molecule has 0 aromatic carbocycles. The maximum absolute atomic E-state index is 12.5. The van der Waals surface area contributed by atoms with E-state index in [-0.39, 0.29) is 0 Å². The van der Waals surface area contributed by atoms with Crippen LogP contribution in [0.3, 0.4) is 0 Å². The topological polar surface area (TPSA) is 37.4 Å². The van der Waals surface area contributed by atoms with Crippen LogP contribution in [0, 0.1) is 11.8 Å². The average molecular weight is 306 g/mol. The number of nitrogens with zero attached hydrogens (tertiary/aromatic N) is 1. The Morgan fingerprint density at radius 1 is 1.28 bits per heavy atom. The third-order valence-corrected chi connectivity index (χ3v) is 7.89. The molecule has 2 heterocycles. The quantitative estimate of drug-likeness (QED) is 0.805. The summed E-state index contributed by atoms with van der Waals surface area (Å²) >= 11 is 7.02. The van der Waals surface area contributed by atoms with Crippen LogP contribution in [0.15, 0.2) is 16.3 Å². The van der Waals surface area contributed by atoms with Crippen LogP contribution in [0.5, 0.6) is 0 Å². The molecule has 1 saturated heterocycles. The summed E-state index contributed by atoms with van der Waals surface area (Å²) < 4.78 is 27.1. The highest BCUT2D eigenvalue weighted by atomic mass is 35.5. The van der Waals surface area contributed by atoms with Crippen molar-refractivity contribution >= 4 is 33.0 Å². The maximum atomic E-state index is 12.5. The second kappa shape index (κ2) is 4.78. The molecule has 3 nitrogen and oxygen atoms in total. The van der Waals surface area contributed by atoms with E-state index in [2.05, 4.69) is 0 Å². The van der Waals surface area contributed by atoms with Crippen LogP contribution in [0.25, 0.3) is 0 Å². The summed E-state index contributed by atoms with van der Waals surface area (Å²) in [6, 6.07) is 3.49. The van der Waals surface area contributed by atoms with Crippen LogP contribution in [0.1, 0.15) is 24.1 Å². The first-order chi connectivity index (χ1) is 8.61. The molecular weight excluding hydrogens is 290 g/mol. The van der Waals surface area contributed by atoms with Crippen molar-refractivity contribution in [1.82, 2.24) is 4.31 Å². The van der Waals surface area contributed by atoms with E-state index >= 15 is 0 Å². The molecule has 2 aliphatic rings. The predicted molar refractivity (Wildman–Crippen MR) is 73.5 cm³/mol. The van der Waals surface area contributed by atoms with Gasteiger partial charge in [-0.25, -0.2) is 8.42 Å². The third kappa shape index (κ3) is 2.11. The van der Waals surface area contributed by atoms with Gasteiger partial charge in [-0.05, 0) is 36.8 Å². The highest BCUT2D eigenvalue weighted by molar-refractivity contribution is 7.91. The Morgan fingerprint density at radius 2 is 1.94 bits per heavy atom. The standard InChI is InChI=1S/C12H16ClNO2S2/c13-6-11-4-5-12(17-11)18(15,16)14-7-9-2-1-3-10(9)8-14/h4-5,9-10H,1-3,6-8H2. The molecule has 1 aliphatic heterocycles. The molecule has 6 heteroatoms. The van der Waals surface area contributed by atoms with Crippen molar-refractivity contribution in [3.05, 3.63) is 17.0 Å². The number of alkyl halides is 1. The van der Waals surface area contributed by atoms with Crippen molar-refractivity contribution in [1.29, 1.82) is 0 Å². The summed E-state index contributed by atoms with van der Waals surface area (Å²) in [4.78, 5) is 0.912. The molecule has 1 aromatic rings. The molecule has 1 aromatic heterocycles. The van der Waals surface area contributed by atoms with Gasteiger partial charge in [-0.3, -0.25) is 0 Å². The Hall–Kier alpha value is -0.100. The largest absolute Gasteiger partial charge is 0.252 e. The Kier molecular flexibility index (Phi) is 3.43. The first-order valence-electron chi connectivity index (χ1n) is 6.26. The van der Waals surface area contributed by atoms with Crippen LogP contribution in [0.2, 0.25) is 0 Å². The number of hydrogen-bond donors (Lipinski definition) is 0. The summed E-state index contributed by atoms with van der Waals surface area (Å²) in [7, 11) is -3.28. The molecule has 0 N–H and O–H groups in total. The van der Waals surface area contributed by atoms with E-state index in [1.165, 1.54) is 30.6 Å². The summed E-state index contributed by atoms with van der Waals surface area (Å²) in [6.45, 7) is 1.42. The molecule has 2 atom stereocenters. The second-order valence-corrected chi connectivity index (χ2v) is 8.73. The molecule has 0 radical (unpaired) electrons. The highest BCUT2D eigenvalue weighted by Gasteiger charge is 2.41. The number of rotatable bonds is 3. The van der Waals surface area contributed by atoms with Crippen molar-refractivity contribution in [2.75, 3.05) is 13.1 Å². The van der Waals surface area contributed by atoms with Gasteiger partial charge in [0, 0.05) is 18.0 Å². The lowest BCUT2D eigenvalue weighted by Crippen LogP contribution is -2.29. The molecule has 0 spiro atoms. The lowest BCUT2D eigenvalue weighted by Gasteiger charge is -2.15. The van der Waals surface area contributed by atoms with Crippen LogP contribution < -0.4 is 0 Å². The fraction of sp³-hybridized carbons (Fsp3) is 0.667. The number of halogens is 1. The first kappa shape index (κ1) is 12.9. The van der Waals surface area contributed by atoms with E-state index in [1.807, 2.05) is 0 Å². The van der Waals surface area contributed by atoms with Gasteiger partial charge < -0.3 is 0 Å². The summed E-state index contributed by atoms with van der Waals surface area (Å²) in [6.07, 6.45) is 3.64. The summed E-state index contributed by atoms with van der Waals surface area (Å²) in [5.41, 5.74) is 0. The Labute approximate surface area is 117 Å². The zero-order valence-corrected chi connectivity index (χ0v) is 12.4. The molecule has 0 amide bonds. The molecule has 18 heavy (non-hydrogen) atoms. The SMILES string of the molecule is O=S(=O)(c1ccc(CCl)s1)N1CC2CCCC2C1. The van der Waals surface area contributed by atoms with Crippen molar-refractivity contribution in [3.63, 3.8) is 0 Å². The zero-order valence-electron chi connectivity index (χ0n) is 10.0. The minimum atomic E-state index is -3.28. The zero-order chi connectivity index (χ0) is 12.8. The number of hydrogen-bond acceptors (Lipinski definition) is 3. The third-order valence-electron chi connectivity index (χ3n) is 4.06. The Bertz CT molecular complexity index is 528. The van der Waals surface area contributed by atoms with Gasteiger partial charge in [0.1, 0.15) is 4.21 Å². The van der Waals surface area contributed by atoms with E-state index in [0.29, 0.717) is 35.0 Å². The Morgan fingerprint density at radius 3 is 2.50 bits per heavy atom. The van der Waals surface area contributed by atoms with E-state index < -0.39 is 10.0 Å². The fourth-order valence-electron chi connectivity index (χ4n) is 3.08. The monoisotopic (exact) mass is 305 g/mol. The second-order valence-electron chi connectivity index (χ2n) is 5.13. The average Bonchev–Trinajstić information content (AvgIpc) is 3.03. The minimum Gasteiger partial charge on any atom is -0.206 e. The fourth-order valence-corrected chi connectivity index (χ4v) is 6.25. The van der Waals surface area contributed by atoms with Crippen molar-refractivity contribution in [2.24, 2.45) is 11.8 Å². The lowest BCUT2D eigenvalue weighted by molar-refractivity contribution is 0.447. The molecule has 2 unspecified atom stereocenters. The van der Waals surface area contributed by atoms with Gasteiger partial charge >= 0.3 is 0 Å². The van der Waals surface area contributed by atoms with E-state index in [9.17, 15) is 8.42 Å². The van der Waals surface area contributed by atoms with Crippen LogP contribution in [-0.2, 0) is 15.9 Å². The smallest absolute Gasteiger partial charge is 0.206 e. The van der Waals surface area contributed by atoms with Gasteiger partial charge in [0.15, 0.2) is 0 Å². The number of thiophene rings is 1. The van der Waals surface area contributed by atoms with Gasteiger partial charge in [0.05, 0.1) is 5.88 Å². The number of sulfonamides is 1. The van der Waals surface area contributed by atoms with Crippen molar-refractivity contribution in [2.45, 2.75) is 29.4 Å². The van der Waals surface area contributed by atoms with Crippen molar-refractivity contribution in [3.8, 4) is 0 Å². The molecule has 1 saturated carbocycles. The lowest BCUT2D eigenvalue weighted by atomic mass is 10.0. The molecular formula is C12H16ClNO2S2. The summed E-state index contributed by atoms with van der Waals surface area (Å²) in [5.74, 6) is 1.56. The van der Waals surface area contributed by atoms with E-state index in [1.54, 1.807) is 16.4 Å². The summed E-state index contributed by atoms with van der Waals surface area (Å²) in [5, 5.41) is 0. The van der Waals surface area contributed by atoms with Crippen LogP contribution in [0.4, 0.5) is 0 Å². The van der Waals surface area contributed by atoms with Gasteiger partial charge in [0.2, 0.25) is 0 Å². The molecule has 2 fully saturated rings. The van der Waals surface area contributed by atoms with Gasteiger partial charge in [-0.1, -0.05) is 6.42 Å². The molecule has 1 aliphatic carbocycles. The minimum absolute atomic E-state index is 0.380. The maximum Gasteiger partial charge on any atom is 0.252 e. The molecule has 0 bridgehead atoms. The van der Waals surface area contributed by atoms with Crippen molar-refractivity contribution < 1.29 is 8.42 Å². The van der Waals surface area contributed by atoms with E-state index in [0.717, 1.165) is 4.88 Å². The van der Waals surface area contributed by atoms with Crippen LogP contribution >= 0.6 is 22.9 Å². The molecule has 100 valence electrons. The Balaban J connectivity index is 1.82. The van der Waals surface area contributed by atoms with Gasteiger partial charge in [-0.15, -0.1) is 22.9 Å². The van der Waals surface area contributed by atoms with Gasteiger partial charge in [-0.2, -0.15) is 4.31 Å². The van der Waals surface area contributed by atoms with Gasteiger partial charge in [0.25, 0.3) is 10.0 Å².